The van der Waals surface area contributed by atoms with Crippen LogP contribution in [0.1, 0.15) is 27.7 Å². The molecule has 15 heavy (non-hydrogen) atoms. The molecule has 2 nitrogen and oxygen atoms in total. The number of benzene rings is 1. The minimum absolute atomic E-state index is 0. The molecule has 0 fully saturated rings. The Labute approximate surface area is 93.9 Å². The molecule has 0 saturated carbocycles. The first-order chi connectivity index (χ1) is 6.33. The number of hydrogen-bond donors (Lipinski definition) is 1. The third-order valence-electron chi connectivity index (χ3n) is 2.59. The Morgan fingerprint density at radius 1 is 1.00 bits per heavy atom. The summed E-state index contributed by atoms with van der Waals surface area (Å²) in [4.78, 5) is 0. The molecule has 0 bridgehead atoms. The Kier molecular flexibility index (Phi) is 4.41. The molecule has 0 unspecified atom stereocenters. The lowest BCUT2D eigenvalue weighted by Gasteiger charge is -2.37. The lowest BCUT2D eigenvalue weighted by Crippen LogP contribution is -2.49. The highest BCUT2D eigenvalue weighted by Crippen LogP contribution is 2.27. The fraction of sp³-hybridized carbons (Fsp3) is 0.500. The summed E-state index contributed by atoms with van der Waals surface area (Å²) in [5.41, 5.74) is -1.48. The van der Waals surface area contributed by atoms with Gasteiger partial charge in [-0.05, 0) is 39.8 Å². The summed E-state index contributed by atoms with van der Waals surface area (Å²) in [6, 6.07) is 9.52. The number of ether oxygens (including phenoxy) is 1. The van der Waals surface area contributed by atoms with Gasteiger partial charge < -0.3 is 9.84 Å². The van der Waals surface area contributed by atoms with Crippen LogP contribution in [-0.2, 0) is 0 Å². The molecule has 1 aromatic rings. The Hall–Kier alpha value is -0.955. The average Bonchev–Trinajstić information content (AvgIpc) is 2.03. The van der Waals surface area contributed by atoms with E-state index in [-0.39, 0.29) is 8.41 Å². The van der Waals surface area contributed by atoms with Crippen LogP contribution in [0.25, 0.3) is 0 Å². The molecule has 0 aliphatic carbocycles. The normalized spacial score (nSPS) is 11.8. The van der Waals surface area contributed by atoms with Crippen molar-refractivity contribution < 1.29 is 9.84 Å². The maximum absolute atomic E-state index is 9.88. The second-order valence-electron chi connectivity index (χ2n) is 4.48. The standard InChI is InChI=1S/C12H18O2.B/c1-11(2,13)12(3,4)14-10-8-6-5-7-9-10;/h5-9,13H,1-4H3;. The third kappa shape index (κ3) is 3.59. The monoisotopic (exact) mass is 205 g/mol. The summed E-state index contributed by atoms with van der Waals surface area (Å²) >= 11 is 0. The van der Waals surface area contributed by atoms with Crippen LogP contribution in [0, 0.1) is 0 Å². The quantitative estimate of drug-likeness (QED) is 0.766. The van der Waals surface area contributed by atoms with Gasteiger partial charge in [-0.25, -0.2) is 0 Å². The van der Waals surface area contributed by atoms with Gasteiger partial charge in [-0.3, -0.25) is 0 Å². The molecule has 3 heteroatoms. The molecule has 0 spiro atoms. The van der Waals surface area contributed by atoms with Crippen molar-refractivity contribution in [2.45, 2.75) is 38.9 Å². The Balaban J connectivity index is 0.00000196. The van der Waals surface area contributed by atoms with Crippen LogP contribution in [0.5, 0.6) is 5.75 Å². The topological polar surface area (TPSA) is 29.5 Å². The first kappa shape index (κ1) is 14.0. The van der Waals surface area contributed by atoms with Gasteiger partial charge in [-0.2, -0.15) is 0 Å². The molecule has 0 heterocycles. The van der Waals surface area contributed by atoms with Gasteiger partial charge in [0.05, 0.1) is 5.60 Å². The SMILES string of the molecule is CC(C)(O)C(C)(C)Oc1ccccc1.[B]. The molecular weight excluding hydrogens is 187 g/mol. The number of hydrogen-bond acceptors (Lipinski definition) is 2. The number of para-hydroxylation sites is 1. The first-order valence-electron chi connectivity index (χ1n) is 4.79. The van der Waals surface area contributed by atoms with Gasteiger partial charge in [0.15, 0.2) is 0 Å². The summed E-state index contributed by atoms with van der Waals surface area (Å²) in [5, 5.41) is 9.88. The van der Waals surface area contributed by atoms with Crippen molar-refractivity contribution in [3.05, 3.63) is 30.3 Å². The van der Waals surface area contributed by atoms with E-state index in [1.54, 1.807) is 13.8 Å². The second kappa shape index (κ2) is 4.71. The van der Waals surface area contributed by atoms with Crippen LogP contribution in [-0.4, -0.2) is 24.7 Å². The molecule has 0 aliphatic rings. The smallest absolute Gasteiger partial charge is 0.131 e. The summed E-state index contributed by atoms with van der Waals surface area (Å²) in [6.45, 7) is 7.24. The van der Waals surface area contributed by atoms with E-state index in [4.69, 9.17) is 4.74 Å². The molecule has 0 atom stereocenters. The van der Waals surface area contributed by atoms with Crippen molar-refractivity contribution in [3.63, 3.8) is 0 Å². The molecule has 1 rings (SSSR count). The molecule has 0 amide bonds. The van der Waals surface area contributed by atoms with Crippen LogP contribution in [0.2, 0.25) is 0 Å². The predicted octanol–water partition coefficient (Wildman–Crippen LogP) is 2.23. The fourth-order valence-corrected chi connectivity index (χ4v) is 0.908. The van der Waals surface area contributed by atoms with Crippen LogP contribution >= 0.6 is 0 Å². The van der Waals surface area contributed by atoms with Crippen molar-refractivity contribution in [1.29, 1.82) is 0 Å². The molecule has 0 aromatic heterocycles. The van der Waals surface area contributed by atoms with Gasteiger partial charge in [0.2, 0.25) is 0 Å². The van der Waals surface area contributed by atoms with Gasteiger partial charge in [-0.15, -0.1) is 0 Å². The minimum Gasteiger partial charge on any atom is -0.485 e. The molecule has 1 N–H and O–H groups in total. The van der Waals surface area contributed by atoms with Crippen molar-refractivity contribution in [3.8, 4) is 5.75 Å². The zero-order valence-corrected chi connectivity index (χ0v) is 9.82. The molecule has 1 aromatic carbocycles. The number of rotatable bonds is 3. The van der Waals surface area contributed by atoms with E-state index in [0.29, 0.717) is 0 Å². The van der Waals surface area contributed by atoms with Gasteiger partial charge in [0.1, 0.15) is 11.4 Å². The van der Waals surface area contributed by atoms with Gasteiger partial charge in [-0.1, -0.05) is 18.2 Å². The van der Waals surface area contributed by atoms with Crippen molar-refractivity contribution in [2.24, 2.45) is 0 Å². The Bertz CT molecular complexity index is 288. The van der Waals surface area contributed by atoms with Gasteiger partial charge in [0.25, 0.3) is 0 Å². The van der Waals surface area contributed by atoms with E-state index in [2.05, 4.69) is 0 Å². The first-order valence-corrected chi connectivity index (χ1v) is 4.79. The Morgan fingerprint density at radius 3 is 1.87 bits per heavy atom. The van der Waals surface area contributed by atoms with Gasteiger partial charge >= 0.3 is 0 Å². The molecule has 81 valence electrons. The fourth-order valence-electron chi connectivity index (χ4n) is 0.908. The zero-order chi connectivity index (χ0) is 10.8. The van der Waals surface area contributed by atoms with Crippen LogP contribution < -0.4 is 4.74 Å². The lowest BCUT2D eigenvalue weighted by molar-refractivity contribution is -0.0906. The van der Waals surface area contributed by atoms with E-state index in [1.807, 2.05) is 44.2 Å². The van der Waals surface area contributed by atoms with Crippen LogP contribution in [0.3, 0.4) is 0 Å². The molecule has 0 aliphatic heterocycles. The number of aliphatic hydroxyl groups is 1. The van der Waals surface area contributed by atoms with E-state index in [1.165, 1.54) is 0 Å². The molecule has 0 saturated heterocycles. The molecule has 3 radical (unpaired) electrons. The van der Waals surface area contributed by atoms with E-state index < -0.39 is 11.2 Å². The zero-order valence-electron chi connectivity index (χ0n) is 9.82. The molecular formula is C12H18BO2. The highest BCUT2D eigenvalue weighted by Gasteiger charge is 2.37. The summed E-state index contributed by atoms with van der Waals surface area (Å²) in [6.07, 6.45) is 0. The largest absolute Gasteiger partial charge is 0.485 e. The maximum atomic E-state index is 9.88. The maximum Gasteiger partial charge on any atom is 0.131 e. The van der Waals surface area contributed by atoms with E-state index in [9.17, 15) is 5.11 Å². The predicted molar refractivity (Wildman–Crippen MR) is 63.2 cm³/mol. The highest BCUT2D eigenvalue weighted by molar-refractivity contribution is 5.75. The second-order valence-corrected chi connectivity index (χ2v) is 4.48. The summed E-state index contributed by atoms with van der Waals surface area (Å²) < 4.78 is 5.72. The van der Waals surface area contributed by atoms with Crippen LogP contribution in [0.4, 0.5) is 0 Å². The summed E-state index contributed by atoms with van der Waals surface area (Å²) in [7, 11) is 0. The lowest BCUT2D eigenvalue weighted by atomic mass is 9.89. The average molecular weight is 205 g/mol. The Morgan fingerprint density at radius 2 is 1.47 bits per heavy atom. The van der Waals surface area contributed by atoms with Crippen molar-refractivity contribution in [2.75, 3.05) is 0 Å². The van der Waals surface area contributed by atoms with E-state index in [0.717, 1.165) is 5.75 Å². The highest BCUT2D eigenvalue weighted by atomic mass is 16.5. The van der Waals surface area contributed by atoms with Crippen molar-refractivity contribution in [1.82, 2.24) is 0 Å². The van der Waals surface area contributed by atoms with Crippen molar-refractivity contribution >= 4 is 8.41 Å². The third-order valence-corrected chi connectivity index (χ3v) is 2.59. The van der Waals surface area contributed by atoms with Gasteiger partial charge in [0, 0.05) is 8.41 Å². The minimum atomic E-state index is -0.872. The van der Waals surface area contributed by atoms with Crippen LogP contribution in [0.15, 0.2) is 30.3 Å². The van der Waals surface area contributed by atoms with E-state index >= 15 is 0 Å². The summed E-state index contributed by atoms with van der Waals surface area (Å²) in [5.74, 6) is 0.777.